The largest absolute Gasteiger partial charge is 0.327 e. The predicted molar refractivity (Wildman–Crippen MR) is 84.3 cm³/mol. The van der Waals surface area contributed by atoms with Gasteiger partial charge in [0.15, 0.2) is 0 Å². The second-order valence-electron chi connectivity index (χ2n) is 6.05. The van der Waals surface area contributed by atoms with Gasteiger partial charge in [0, 0.05) is 18.4 Å². The van der Waals surface area contributed by atoms with Gasteiger partial charge in [0.05, 0.1) is 0 Å². The molecule has 0 aliphatic carbocycles. The Bertz CT molecular complexity index is 213. The highest BCUT2D eigenvalue weighted by molar-refractivity contribution is 5.81. The number of ketones is 1. The van der Waals surface area contributed by atoms with E-state index in [1.807, 2.05) is 13.8 Å². The minimum atomic E-state index is -0.00405. The maximum atomic E-state index is 11.7. The predicted octanol–water partition coefficient (Wildman–Crippen LogP) is 4.85. The van der Waals surface area contributed by atoms with Crippen LogP contribution in [-0.4, -0.2) is 11.8 Å². The Morgan fingerprint density at radius 1 is 0.842 bits per heavy atom. The molecule has 0 aromatic heterocycles. The lowest BCUT2D eigenvalue weighted by molar-refractivity contribution is -0.122. The van der Waals surface area contributed by atoms with Gasteiger partial charge < -0.3 is 5.73 Å². The van der Waals surface area contributed by atoms with Crippen molar-refractivity contribution in [1.82, 2.24) is 0 Å². The zero-order valence-electron chi connectivity index (χ0n) is 13.4. The molecule has 19 heavy (non-hydrogen) atoms. The van der Waals surface area contributed by atoms with Crippen molar-refractivity contribution in [3.63, 3.8) is 0 Å². The van der Waals surface area contributed by atoms with Gasteiger partial charge in [-0.1, -0.05) is 71.6 Å². The summed E-state index contributed by atoms with van der Waals surface area (Å²) < 4.78 is 0. The summed E-state index contributed by atoms with van der Waals surface area (Å²) in [6.45, 7) is 6.12. The maximum Gasteiger partial charge on any atom is 0.137 e. The molecule has 2 atom stereocenters. The Morgan fingerprint density at radius 2 is 1.26 bits per heavy atom. The summed E-state index contributed by atoms with van der Waals surface area (Å²) in [6, 6.07) is -0.00405. The van der Waals surface area contributed by atoms with E-state index in [0.717, 1.165) is 12.8 Å². The molecule has 0 bridgehead atoms. The number of nitrogens with two attached hydrogens (primary N) is 1. The van der Waals surface area contributed by atoms with Crippen LogP contribution in [0.5, 0.6) is 0 Å². The molecule has 0 spiro atoms. The van der Waals surface area contributed by atoms with E-state index in [0.29, 0.717) is 5.78 Å². The van der Waals surface area contributed by atoms with Crippen molar-refractivity contribution in [1.29, 1.82) is 0 Å². The smallest absolute Gasteiger partial charge is 0.137 e. The average Bonchev–Trinajstić information content (AvgIpc) is 2.39. The first-order valence-electron chi connectivity index (χ1n) is 8.37. The van der Waals surface area contributed by atoms with Gasteiger partial charge in [-0.15, -0.1) is 0 Å². The fourth-order valence-corrected chi connectivity index (χ4v) is 2.31. The van der Waals surface area contributed by atoms with Gasteiger partial charge in [-0.25, -0.2) is 0 Å². The summed E-state index contributed by atoms with van der Waals surface area (Å²) in [6.07, 6.45) is 13.9. The van der Waals surface area contributed by atoms with Crippen molar-refractivity contribution in [3.8, 4) is 0 Å². The molecule has 2 heteroatoms. The summed E-state index contributed by atoms with van der Waals surface area (Å²) in [7, 11) is 0. The molecule has 0 amide bonds. The van der Waals surface area contributed by atoms with Gasteiger partial charge >= 0.3 is 0 Å². The SMILES string of the molecule is CCCCCCCCCCCCC(=O)C(C)C(C)N. The van der Waals surface area contributed by atoms with E-state index in [-0.39, 0.29) is 12.0 Å². The molecule has 0 saturated heterocycles. The van der Waals surface area contributed by atoms with E-state index in [4.69, 9.17) is 5.73 Å². The Kier molecular flexibility index (Phi) is 12.4. The number of rotatable bonds is 13. The number of hydrogen-bond donors (Lipinski definition) is 1. The molecule has 0 rings (SSSR count). The summed E-state index contributed by atoms with van der Waals surface area (Å²) in [5.74, 6) is 0.369. The first-order valence-corrected chi connectivity index (χ1v) is 8.37. The van der Waals surface area contributed by atoms with Crippen LogP contribution in [0.3, 0.4) is 0 Å². The fourth-order valence-electron chi connectivity index (χ4n) is 2.31. The van der Waals surface area contributed by atoms with E-state index in [2.05, 4.69) is 6.92 Å². The lowest BCUT2D eigenvalue weighted by Gasteiger charge is -2.13. The Hall–Kier alpha value is -0.370. The number of carbonyl (C=O) groups is 1. The highest BCUT2D eigenvalue weighted by Gasteiger charge is 2.15. The van der Waals surface area contributed by atoms with Crippen LogP contribution in [0.4, 0.5) is 0 Å². The van der Waals surface area contributed by atoms with Crippen LogP contribution in [0.25, 0.3) is 0 Å². The topological polar surface area (TPSA) is 43.1 Å². The quantitative estimate of drug-likeness (QED) is 0.486. The standard InChI is InChI=1S/C17H35NO/c1-4-5-6-7-8-9-10-11-12-13-14-17(19)15(2)16(3)18/h15-16H,4-14,18H2,1-3H3. The molecule has 114 valence electrons. The Morgan fingerprint density at radius 3 is 1.68 bits per heavy atom. The normalized spacial score (nSPS) is 14.3. The molecule has 0 fully saturated rings. The van der Waals surface area contributed by atoms with Crippen LogP contribution in [0, 0.1) is 5.92 Å². The number of carbonyl (C=O) groups excluding carboxylic acids is 1. The minimum Gasteiger partial charge on any atom is -0.327 e. The first-order chi connectivity index (χ1) is 9.09. The third-order valence-electron chi connectivity index (χ3n) is 4.07. The third-order valence-corrected chi connectivity index (χ3v) is 4.07. The van der Waals surface area contributed by atoms with E-state index in [1.165, 1.54) is 57.8 Å². The van der Waals surface area contributed by atoms with Gasteiger partial charge in [0.25, 0.3) is 0 Å². The number of unbranched alkanes of at least 4 members (excludes halogenated alkanes) is 9. The minimum absolute atomic E-state index is 0.00405. The van der Waals surface area contributed by atoms with E-state index in [9.17, 15) is 4.79 Å². The second kappa shape index (κ2) is 12.7. The van der Waals surface area contributed by atoms with Crippen molar-refractivity contribution in [3.05, 3.63) is 0 Å². The third kappa shape index (κ3) is 11.2. The molecule has 0 heterocycles. The van der Waals surface area contributed by atoms with Crippen LogP contribution < -0.4 is 5.73 Å². The number of Topliss-reactive ketones (excluding diaryl/α,β-unsaturated/α-hetero) is 1. The molecular weight excluding hydrogens is 234 g/mol. The molecule has 2 N–H and O–H groups in total. The van der Waals surface area contributed by atoms with Crippen molar-refractivity contribution >= 4 is 5.78 Å². The zero-order chi connectivity index (χ0) is 14.5. The highest BCUT2D eigenvalue weighted by Crippen LogP contribution is 2.13. The molecule has 0 radical (unpaired) electrons. The molecular formula is C17H35NO. The maximum absolute atomic E-state index is 11.7. The Labute approximate surface area is 120 Å². The van der Waals surface area contributed by atoms with Gasteiger partial charge in [-0.05, 0) is 13.3 Å². The van der Waals surface area contributed by atoms with Crippen LogP contribution in [-0.2, 0) is 4.79 Å². The van der Waals surface area contributed by atoms with E-state index >= 15 is 0 Å². The monoisotopic (exact) mass is 269 g/mol. The summed E-state index contributed by atoms with van der Waals surface area (Å²) in [5, 5.41) is 0. The van der Waals surface area contributed by atoms with Crippen molar-refractivity contribution in [2.45, 2.75) is 97.4 Å². The molecule has 0 aliphatic heterocycles. The van der Waals surface area contributed by atoms with Crippen LogP contribution in [0.2, 0.25) is 0 Å². The van der Waals surface area contributed by atoms with Gasteiger partial charge in [0.2, 0.25) is 0 Å². The van der Waals surface area contributed by atoms with Crippen molar-refractivity contribution < 1.29 is 4.79 Å². The first kappa shape index (κ1) is 18.6. The van der Waals surface area contributed by atoms with E-state index in [1.54, 1.807) is 0 Å². The van der Waals surface area contributed by atoms with Crippen molar-refractivity contribution in [2.75, 3.05) is 0 Å². The van der Waals surface area contributed by atoms with Gasteiger partial charge in [-0.2, -0.15) is 0 Å². The molecule has 0 aliphatic rings. The van der Waals surface area contributed by atoms with Crippen LogP contribution in [0.1, 0.15) is 91.4 Å². The summed E-state index contributed by atoms with van der Waals surface area (Å²) in [5.41, 5.74) is 5.74. The fraction of sp³-hybridized carbons (Fsp3) is 0.941. The van der Waals surface area contributed by atoms with E-state index < -0.39 is 0 Å². The van der Waals surface area contributed by atoms with Crippen LogP contribution >= 0.6 is 0 Å². The van der Waals surface area contributed by atoms with Crippen LogP contribution in [0.15, 0.2) is 0 Å². The molecule has 2 unspecified atom stereocenters. The van der Waals surface area contributed by atoms with Crippen molar-refractivity contribution in [2.24, 2.45) is 11.7 Å². The highest BCUT2D eigenvalue weighted by atomic mass is 16.1. The summed E-state index contributed by atoms with van der Waals surface area (Å²) >= 11 is 0. The average molecular weight is 269 g/mol. The molecule has 0 saturated carbocycles. The zero-order valence-corrected chi connectivity index (χ0v) is 13.4. The second-order valence-corrected chi connectivity index (χ2v) is 6.05. The molecule has 0 aromatic carbocycles. The lowest BCUT2D eigenvalue weighted by Crippen LogP contribution is -2.30. The molecule has 0 aromatic rings. The Balaban J connectivity index is 3.25. The number of hydrogen-bond acceptors (Lipinski definition) is 2. The molecule has 2 nitrogen and oxygen atoms in total. The lowest BCUT2D eigenvalue weighted by atomic mass is 9.95. The van der Waals surface area contributed by atoms with Gasteiger partial charge in [0.1, 0.15) is 5.78 Å². The summed E-state index contributed by atoms with van der Waals surface area (Å²) in [4.78, 5) is 11.7. The van der Waals surface area contributed by atoms with Gasteiger partial charge in [-0.3, -0.25) is 4.79 Å².